The lowest BCUT2D eigenvalue weighted by atomic mass is 10.1. The third-order valence-corrected chi connectivity index (χ3v) is 3.17. The number of fused-ring (bicyclic) bond motifs is 1. The number of oxime groups is 1. The van der Waals surface area contributed by atoms with Crippen molar-refractivity contribution in [2.45, 2.75) is 12.8 Å². The van der Waals surface area contributed by atoms with Gasteiger partial charge in [0.2, 0.25) is 0 Å². The molecule has 1 aromatic carbocycles. The van der Waals surface area contributed by atoms with Crippen molar-refractivity contribution >= 4 is 5.84 Å². The minimum atomic E-state index is 0.0619. The molecule has 1 aliphatic carbocycles. The Morgan fingerprint density at radius 3 is 2.06 bits per heavy atom. The van der Waals surface area contributed by atoms with Crippen LogP contribution in [-0.4, -0.2) is 25.3 Å². The molecule has 0 spiro atoms. The van der Waals surface area contributed by atoms with Gasteiger partial charge < -0.3 is 20.4 Å². The Labute approximate surface area is 99.8 Å². The van der Waals surface area contributed by atoms with Crippen molar-refractivity contribution < 1.29 is 14.7 Å². The van der Waals surface area contributed by atoms with E-state index in [2.05, 4.69) is 5.16 Å². The van der Waals surface area contributed by atoms with Crippen LogP contribution in [0.1, 0.15) is 11.1 Å². The lowest BCUT2D eigenvalue weighted by Crippen LogP contribution is -2.23. The maximum Gasteiger partial charge on any atom is 0.161 e. The summed E-state index contributed by atoms with van der Waals surface area (Å²) < 4.78 is 10.5. The molecule has 2 rings (SSSR count). The van der Waals surface area contributed by atoms with Gasteiger partial charge in [-0.15, -0.1) is 0 Å². The largest absolute Gasteiger partial charge is 0.493 e. The highest BCUT2D eigenvalue weighted by atomic mass is 16.5. The van der Waals surface area contributed by atoms with Gasteiger partial charge in [-0.05, 0) is 36.1 Å². The molecular weight excluding hydrogens is 220 g/mol. The van der Waals surface area contributed by atoms with E-state index in [1.54, 1.807) is 14.2 Å². The van der Waals surface area contributed by atoms with Crippen LogP contribution in [-0.2, 0) is 12.8 Å². The fourth-order valence-electron chi connectivity index (χ4n) is 2.24. The number of hydrogen-bond donors (Lipinski definition) is 2. The molecule has 0 amide bonds. The molecule has 0 aromatic heterocycles. The van der Waals surface area contributed by atoms with Gasteiger partial charge in [0.05, 0.1) is 14.2 Å². The first-order valence-electron chi connectivity index (χ1n) is 5.40. The van der Waals surface area contributed by atoms with Crippen LogP contribution in [0.3, 0.4) is 0 Å². The Morgan fingerprint density at radius 1 is 1.24 bits per heavy atom. The summed E-state index contributed by atoms with van der Waals surface area (Å²) in [5.74, 6) is 1.77. The molecule has 0 heterocycles. The first-order valence-corrected chi connectivity index (χ1v) is 5.40. The summed E-state index contributed by atoms with van der Waals surface area (Å²) in [4.78, 5) is 0. The second-order valence-corrected chi connectivity index (χ2v) is 4.11. The maximum absolute atomic E-state index is 8.69. The monoisotopic (exact) mass is 236 g/mol. The van der Waals surface area contributed by atoms with E-state index in [0.29, 0.717) is 11.5 Å². The topological polar surface area (TPSA) is 77.1 Å². The van der Waals surface area contributed by atoms with E-state index in [1.165, 1.54) is 11.1 Å². The van der Waals surface area contributed by atoms with E-state index in [1.807, 2.05) is 12.1 Å². The van der Waals surface area contributed by atoms with Gasteiger partial charge in [0, 0.05) is 5.92 Å². The second kappa shape index (κ2) is 4.53. The van der Waals surface area contributed by atoms with Gasteiger partial charge in [-0.25, -0.2) is 0 Å². The van der Waals surface area contributed by atoms with Gasteiger partial charge in [-0.3, -0.25) is 0 Å². The summed E-state index contributed by atoms with van der Waals surface area (Å²) >= 11 is 0. The predicted octanol–water partition coefficient (Wildman–Crippen LogP) is 1.17. The van der Waals surface area contributed by atoms with Crippen molar-refractivity contribution in [1.29, 1.82) is 0 Å². The van der Waals surface area contributed by atoms with Crippen molar-refractivity contribution in [3.63, 3.8) is 0 Å². The molecule has 1 aromatic rings. The Kier molecular flexibility index (Phi) is 3.08. The number of benzene rings is 1. The number of ether oxygens (including phenoxy) is 2. The SMILES string of the molecule is COc1cc2c(cc1OC)CC(/C(N)=N\O)C2. The van der Waals surface area contributed by atoms with E-state index in [4.69, 9.17) is 20.4 Å². The van der Waals surface area contributed by atoms with Crippen LogP contribution in [0.25, 0.3) is 0 Å². The molecule has 0 saturated carbocycles. The molecule has 0 radical (unpaired) electrons. The number of rotatable bonds is 3. The van der Waals surface area contributed by atoms with Gasteiger partial charge in [-0.1, -0.05) is 5.16 Å². The summed E-state index contributed by atoms with van der Waals surface area (Å²) in [5, 5.41) is 11.8. The highest BCUT2D eigenvalue weighted by Gasteiger charge is 2.26. The van der Waals surface area contributed by atoms with Crippen LogP contribution in [0, 0.1) is 5.92 Å². The van der Waals surface area contributed by atoms with Crippen molar-refractivity contribution in [1.82, 2.24) is 0 Å². The fraction of sp³-hybridized carbons (Fsp3) is 0.417. The first-order chi connectivity index (χ1) is 8.19. The second-order valence-electron chi connectivity index (χ2n) is 4.11. The molecule has 5 nitrogen and oxygen atoms in total. The molecular formula is C12H16N2O3. The number of methoxy groups -OCH3 is 2. The van der Waals surface area contributed by atoms with Crippen LogP contribution in [0.15, 0.2) is 17.3 Å². The van der Waals surface area contributed by atoms with Gasteiger partial charge >= 0.3 is 0 Å². The highest BCUT2D eigenvalue weighted by Crippen LogP contribution is 2.36. The van der Waals surface area contributed by atoms with Crippen LogP contribution in [0.4, 0.5) is 0 Å². The van der Waals surface area contributed by atoms with Crippen molar-refractivity contribution in [2.75, 3.05) is 14.2 Å². The summed E-state index contributed by atoms with van der Waals surface area (Å²) in [6.45, 7) is 0. The molecule has 1 aliphatic rings. The molecule has 0 aliphatic heterocycles. The van der Waals surface area contributed by atoms with Crippen LogP contribution in [0.2, 0.25) is 0 Å². The average Bonchev–Trinajstić information content (AvgIpc) is 2.78. The minimum absolute atomic E-state index is 0.0619. The zero-order valence-corrected chi connectivity index (χ0v) is 9.93. The lowest BCUT2D eigenvalue weighted by molar-refractivity contribution is 0.314. The van der Waals surface area contributed by atoms with Crippen LogP contribution in [0.5, 0.6) is 11.5 Å². The molecule has 92 valence electrons. The van der Waals surface area contributed by atoms with Gasteiger partial charge in [-0.2, -0.15) is 0 Å². The van der Waals surface area contributed by atoms with Crippen LogP contribution >= 0.6 is 0 Å². The average molecular weight is 236 g/mol. The Balaban J connectivity index is 2.33. The van der Waals surface area contributed by atoms with Gasteiger partial charge in [0.15, 0.2) is 11.5 Å². The standard InChI is InChI=1S/C12H16N2O3/c1-16-10-5-7-3-9(12(13)14-15)4-8(7)6-11(10)17-2/h5-6,9,15H,3-4H2,1-2H3,(H2,13,14). The molecule has 5 heteroatoms. The Hall–Kier alpha value is -1.91. The van der Waals surface area contributed by atoms with E-state index < -0.39 is 0 Å². The Bertz CT molecular complexity index is 424. The third kappa shape index (κ3) is 2.00. The van der Waals surface area contributed by atoms with Crippen molar-refractivity contribution in [2.24, 2.45) is 16.8 Å². The molecule has 3 N–H and O–H groups in total. The van der Waals surface area contributed by atoms with Crippen LogP contribution < -0.4 is 15.2 Å². The summed E-state index contributed by atoms with van der Waals surface area (Å²) in [6, 6.07) is 3.91. The number of nitrogens with two attached hydrogens (primary N) is 1. The van der Waals surface area contributed by atoms with E-state index >= 15 is 0 Å². The maximum atomic E-state index is 8.69. The summed E-state index contributed by atoms with van der Waals surface area (Å²) in [6.07, 6.45) is 1.54. The molecule has 0 atom stereocenters. The molecule has 0 fully saturated rings. The minimum Gasteiger partial charge on any atom is -0.493 e. The van der Waals surface area contributed by atoms with Gasteiger partial charge in [0.1, 0.15) is 5.84 Å². The predicted molar refractivity (Wildman–Crippen MR) is 63.9 cm³/mol. The van der Waals surface area contributed by atoms with Crippen molar-refractivity contribution in [3.05, 3.63) is 23.3 Å². The fourth-order valence-corrected chi connectivity index (χ4v) is 2.24. The van der Waals surface area contributed by atoms with Gasteiger partial charge in [0.25, 0.3) is 0 Å². The highest BCUT2D eigenvalue weighted by molar-refractivity contribution is 5.83. The smallest absolute Gasteiger partial charge is 0.161 e. The summed E-state index contributed by atoms with van der Waals surface area (Å²) in [7, 11) is 3.22. The zero-order chi connectivity index (χ0) is 12.4. The van der Waals surface area contributed by atoms with E-state index in [-0.39, 0.29) is 11.8 Å². The number of nitrogens with zero attached hydrogens (tertiary/aromatic N) is 1. The number of amidine groups is 1. The zero-order valence-electron chi connectivity index (χ0n) is 9.93. The quantitative estimate of drug-likeness (QED) is 0.357. The molecule has 17 heavy (non-hydrogen) atoms. The molecule has 0 bridgehead atoms. The number of hydrogen-bond acceptors (Lipinski definition) is 4. The third-order valence-electron chi connectivity index (χ3n) is 3.17. The van der Waals surface area contributed by atoms with E-state index in [9.17, 15) is 0 Å². The normalized spacial score (nSPS) is 15.8. The first kappa shape index (κ1) is 11.6. The summed E-state index contributed by atoms with van der Waals surface area (Å²) in [5.41, 5.74) is 7.97. The van der Waals surface area contributed by atoms with Crippen molar-refractivity contribution in [3.8, 4) is 11.5 Å². The van der Waals surface area contributed by atoms with E-state index in [0.717, 1.165) is 12.8 Å². The molecule has 0 saturated heterocycles. The Morgan fingerprint density at radius 2 is 1.71 bits per heavy atom. The molecule has 0 unspecified atom stereocenters. The lowest BCUT2D eigenvalue weighted by Gasteiger charge is -2.09.